The third-order valence-corrected chi connectivity index (χ3v) is 3.24. The quantitative estimate of drug-likeness (QED) is 0.842. The van der Waals surface area contributed by atoms with Gasteiger partial charge in [0.15, 0.2) is 0 Å². The first-order valence-corrected chi connectivity index (χ1v) is 6.89. The Morgan fingerprint density at radius 3 is 2.89 bits per heavy atom. The molecular weight excluding hydrogens is 252 g/mol. The maximum absolute atomic E-state index is 5.93. The van der Waals surface area contributed by atoms with Gasteiger partial charge in [-0.1, -0.05) is 6.92 Å². The molecule has 1 aliphatic heterocycles. The second-order valence-electron chi connectivity index (χ2n) is 4.57. The van der Waals surface area contributed by atoms with Gasteiger partial charge < -0.3 is 9.64 Å². The van der Waals surface area contributed by atoms with E-state index in [1.165, 1.54) is 12.8 Å². The Labute approximate surface area is 113 Å². The van der Waals surface area contributed by atoms with Crippen LogP contribution in [-0.4, -0.2) is 34.1 Å². The number of ether oxygens (including phenoxy) is 1. The van der Waals surface area contributed by atoms with Gasteiger partial charge in [0.2, 0.25) is 11.2 Å². The predicted octanol–water partition coefficient (Wildman–Crippen LogP) is 2.69. The third-order valence-electron chi connectivity index (χ3n) is 3.07. The predicted molar refractivity (Wildman–Crippen MR) is 71.3 cm³/mol. The van der Waals surface area contributed by atoms with Gasteiger partial charge in [-0.25, -0.2) is 0 Å². The van der Waals surface area contributed by atoms with Crippen molar-refractivity contribution in [1.82, 2.24) is 15.0 Å². The van der Waals surface area contributed by atoms with E-state index in [2.05, 4.69) is 26.8 Å². The molecule has 2 rings (SSSR count). The van der Waals surface area contributed by atoms with E-state index >= 15 is 0 Å². The minimum atomic E-state index is 0.198. The molecule has 0 bridgehead atoms. The van der Waals surface area contributed by atoms with Crippen LogP contribution in [-0.2, 0) is 0 Å². The largest absolute Gasteiger partial charge is 0.463 e. The summed E-state index contributed by atoms with van der Waals surface area (Å²) in [4.78, 5) is 14.7. The standard InChI is InChI=1S/C12H19ClN4O/c1-3-8-18-12-15-10(13)14-11(16-12)17-7-5-4-6-9(17)2/h9H,3-8H2,1-2H3. The number of rotatable bonds is 4. The maximum atomic E-state index is 5.93. The zero-order chi connectivity index (χ0) is 13.0. The number of halogens is 1. The third kappa shape index (κ3) is 3.22. The van der Waals surface area contributed by atoms with Gasteiger partial charge in [0.1, 0.15) is 0 Å². The molecule has 100 valence electrons. The van der Waals surface area contributed by atoms with Gasteiger partial charge in [-0.05, 0) is 44.2 Å². The normalized spacial score (nSPS) is 19.9. The Balaban J connectivity index is 2.18. The van der Waals surface area contributed by atoms with Crippen LogP contribution in [0.1, 0.15) is 39.5 Å². The van der Waals surface area contributed by atoms with Crippen LogP contribution in [0, 0.1) is 0 Å². The van der Waals surface area contributed by atoms with Crippen LogP contribution in [0.15, 0.2) is 0 Å². The molecule has 1 aliphatic rings. The summed E-state index contributed by atoms with van der Waals surface area (Å²) in [5.74, 6) is 0.633. The van der Waals surface area contributed by atoms with Crippen LogP contribution in [0.5, 0.6) is 6.01 Å². The molecule has 0 aromatic carbocycles. The van der Waals surface area contributed by atoms with Crippen molar-refractivity contribution >= 4 is 17.5 Å². The van der Waals surface area contributed by atoms with Crippen molar-refractivity contribution in [1.29, 1.82) is 0 Å². The van der Waals surface area contributed by atoms with Gasteiger partial charge in [-0.2, -0.15) is 15.0 Å². The molecule has 1 atom stereocenters. The molecule has 1 aromatic heterocycles. The summed E-state index contributed by atoms with van der Waals surface area (Å²) in [6, 6.07) is 0.765. The van der Waals surface area contributed by atoms with E-state index < -0.39 is 0 Å². The molecule has 0 radical (unpaired) electrons. The van der Waals surface area contributed by atoms with Crippen LogP contribution in [0.3, 0.4) is 0 Å². The second kappa shape index (κ2) is 6.18. The fourth-order valence-corrected chi connectivity index (χ4v) is 2.25. The van der Waals surface area contributed by atoms with E-state index in [-0.39, 0.29) is 5.28 Å². The first kappa shape index (κ1) is 13.3. The Kier molecular flexibility index (Phi) is 4.58. The molecule has 0 N–H and O–H groups in total. The minimum absolute atomic E-state index is 0.198. The van der Waals surface area contributed by atoms with Crippen LogP contribution < -0.4 is 9.64 Å². The summed E-state index contributed by atoms with van der Waals surface area (Å²) >= 11 is 5.93. The smallest absolute Gasteiger partial charge is 0.322 e. The molecule has 1 fully saturated rings. The lowest BCUT2D eigenvalue weighted by molar-refractivity contribution is 0.290. The summed E-state index contributed by atoms with van der Waals surface area (Å²) in [5.41, 5.74) is 0. The highest BCUT2D eigenvalue weighted by Crippen LogP contribution is 2.23. The van der Waals surface area contributed by atoms with Crippen molar-refractivity contribution in [2.24, 2.45) is 0 Å². The van der Waals surface area contributed by atoms with Gasteiger partial charge >= 0.3 is 6.01 Å². The molecule has 5 nitrogen and oxygen atoms in total. The first-order chi connectivity index (χ1) is 8.70. The summed E-state index contributed by atoms with van der Waals surface area (Å²) in [7, 11) is 0. The molecular formula is C12H19ClN4O. The minimum Gasteiger partial charge on any atom is -0.463 e. The zero-order valence-corrected chi connectivity index (χ0v) is 11.7. The van der Waals surface area contributed by atoms with Gasteiger partial charge in [0.25, 0.3) is 0 Å². The molecule has 0 aliphatic carbocycles. The van der Waals surface area contributed by atoms with Gasteiger partial charge in [0, 0.05) is 12.6 Å². The fraction of sp³-hybridized carbons (Fsp3) is 0.750. The van der Waals surface area contributed by atoms with Crippen molar-refractivity contribution in [2.45, 2.75) is 45.6 Å². The van der Waals surface area contributed by atoms with E-state index in [9.17, 15) is 0 Å². The van der Waals surface area contributed by atoms with Crippen LogP contribution in [0.25, 0.3) is 0 Å². The molecule has 1 unspecified atom stereocenters. The van der Waals surface area contributed by atoms with E-state index in [0.717, 1.165) is 19.4 Å². The molecule has 2 heterocycles. The van der Waals surface area contributed by atoms with Crippen molar-refractivity contribution in [3.63, 3.8) is 0 Å². The zero-order valence-electron chi connectivity index (χ0n) is 10.9. The highest BCUT2D eigenvalue weighted by molar-refractivity contribution is 6.28. The molecule has 0 spiro atoms. The SMILES string of the molecule is CCCOc1nc(Cl)nc(N2CCCCC2C)n1. The Morgan fingerprint density at radius 1 is 1.33 bits per heavy atom. The lowest BCUT2D eigenvalue weighted by Crippen LogP contribution is -2.38. The first-order valence-electron chi connectivity index (χ1n) is 6.51. The van der Waals surface area contributed by atoms with Crippen LogP contribution in [0.4, 0.5) is 5.95 Å². The molecule has 1 saturated heterocycles. The number of hydrogen-bond acceptors (Lipinski definition) is 5. The Bertz CT molecular complexity index is 402. The van der Waals surface area contributed by atoms with Crippen molar-refractivity contribution in [3.8, 4) is 6.01 Å². The summed E-state index contributed by atoms with van der Waals surface area (Å²) in [6.07, 6.45) is 4.50. The number of piperidine rings is 1. The van der Waals surface area contributed by atoms with Crippen molar-refractivity contribution in [3.05, 3.63) is 5.28 Å². The van der Waals surface area contributed by atoms with E-state index in [4.69, 9.17) is 16.3 Å². The fourth-order valence-electron chi connectivity index (χ4n) is 2.10. The summed E-state index contributed by atoms with van der Waals surface area (Å²) in [5, 5.41) is 0.198. The van der Waals surface area contributed by atoms with Crippen LogP contribution >= 0.6 is 11.6 Å². The topological polar surface area (TPSA) is 51.1 Å². The van der Waals surface area contributed by atoms with Gasteiger partial charge in [-0.3, -0.25) is 0 Å². The molecule has 6 heteroatoms. The Hall–Kier alpha value is -1.10. The second-order valence-corrected chi connectivity index (χ2v) is 4.91. The van der Waals surface area contributed by atoms with Gasteiger partial charge in [-0.15, -0.1) is 0 Å². The maximum Gasteiger partial charge on any atom is 0.322 e. The lowest BCUT2D eigenvalue weighted by atomic mass is 10.0. The van der Waals surface area contributed by atoms with E-state index in [1.807, 2.05) is 6.92 Å². The van der Waals surface area contributed by atoms with Crippen LogP contribution in [0.2, 0.25) is 5.28 Å². The van der Waals surface area contributed by atoms with Gasteiger partial charge in [0.05, 0.1) is 6.61 Å². The summed E-state index contributed by atoms with van der Waals surface area (Å²) in [6.45, 7) is 5.78. The highest BCUT2D eigenvalue weighted by atomic mass is 35.5. The molecule has 18 heavy (non-hydrogen) atoms. The van der Waals surface area contributed by atoms with E-state index in [0.29, 0.717) is 24.6 Å². The average molecular weight is 271 g/mol. The molecule has 0 saturated carbocycles. The lowest BCUT2D eigenvalue weighted by Gasteiger charge is -2.33. The highest BCUT2D eigenvalue weighted by Gasteiger charge is 2.22. The molecule has 0 amide bonds. The van der Waals surface area contributed by atoms with Crippen molar-refractivity contribution < 1.29 is 4.74 Å². The average Bonchev–Trinajstić information content (AvgIpc) is 2.36. The van der Waals surface area contributed by atoms with E-state index in [1.54, 1.807) is 0 Å². The Morgan fingerprint density at radius 2 is 2.17 bits per heavy atom. The monoisotopic (exact) mass is 270 g/mol. The number of nitrogens with zero attached hydrogens (tertiary/aromatic N) is 4. The summed E-state index contributed by atoms with van der Waals surface area (Å²) < 4.78 is 5.43. The van der Waals surface area contributed by atoms with Crippen molar-refractivity contribution in [2.75, 3.05) is 18.1 Å². The number of anilines is 1. The molecule has 1 aromatic rings. The number of aromatic nitrogens is 3. The number of hydrogen-bond donors (Lipinski definition) is 0.